The largest absolute Gasteiger partial charge is 0.486 e. The van der Waals surface area contributed by atoms with Gasteiger partial charge in [0.1, 0.15) is 11.4 Å². The van der Waals surface area contributed by atoms with E-state index in [-0.39, 0.29) is 11.8 Å². The summed E-state index contributed by atoms with van der Waals surface area (Å²) in [6.45, 7) is 1.13. The lowest BCUT2D eigenvalue weighted by molar-refractivity contribution is 0.000672. The number of urea groups is 1. The Hall–Kier alpha value is -3.34. The van der Waals surface area contributed by atoms with Crippen molar-refractivity contribution in [3.63, 3.8) is 0 Å². The summed E-state index contributed by atoms with van der Waals surface area (Å²) in [5.74, 6) is 0.798. The van der Waals surface area contributed by atoms with Crippen molar-refractivity contribution in [2.75, 3.05) is 18.4 Å². The van der Waals surface area contributed by atoms with Crippen LogP contribution in [0.15, 0.2) is 66.7 Å². The number of likely N-dealkylation sites (tertiary alicyclic amines) is 1. The molecule has 0 bridgehead atoms. The first-order valence-corrected chi connectivity index (χ1v) is 9.99. The maximum absolute atomic E-state index is 13.1. The molecule has 0 aliphatic carbocycles. The van der Waals surface area contributed by atoms with Crippen molar-refractivity contribution in [2.24, 2.45) is 0 Å². The van der Waals surface area contributed by atoms with Crippen LogP contribution < -0.4 is 10.1 Å². The quantitative estimate of drug-likeness (QED) is 0.649. The van der Waals surface area contributed by atoms with E-state index in [0.717, 1.165) is 16.5 Å². The van der Waals surface area contributed by atoms with Crippen LogP contribution in [0.25, 0.3) is 10.8 Å². The molecule has 5 heteroatoms. The molecule has 3 aromatic rings. The first kappa shape index (κ1) is 17.7. The van der Waals surface area contributed by atoms with E-state index in [1.807, 2.05) is 66.7 Å². The zero-order valence-corrected chi connectivity index (χ0v) is 16.1. The minimum absolute atomic E-state index is 0.111. The molecule has 2 aliphatic heterocycles. The molecule has 2 aliphatic rings. The van der Waals surface area contributed by atoms with Crippen molar-refractivity contribution in [1.29, 1.82) is 0 Å². The van der Waals surface area contributed by atoms with Crippen molar-refractivity contribution in [1.82, 2.24) is 4.90 Å². The Labute approximate surface area is 169 Å². The molecule has 29 heavy (non-hydrogen) atoms. The zero-order valence-electron chi connectivity index (χ0n) is 16.1. The zero-order chi connectivity index (χ0) is 19.8. The maximum Gasteiger partial charge on any atom is 0.321 e. The smallest absolute Gasteiger partial charge is 0.321 e. The molecule has 2 amide bonds. The molecule has 1 spiro atoms. The normalized spacial score (nSPS) is 17.7. The lowest BCUT2D eigenvalue weighted by Gasteiger charge is -2.44. The van der Waals surface area contributed by atoms with Gasteiger partial charge in [-0.25, -0.2) is 4.79 Å². The highest BCUT2D eigenvalue weighted by Gasteiger charge is 2.44. The molecule has 0 unspecified atom stereocenters. The van der Waals surface area contributed by atoms with Gasteiger partial charge in [0.15, 0.2) is 5.78 Å². The Morgan fingerprint density at radius 2 is 1.66 bits per heavy atom. The predicted octanol–water partition coefficient (Wildman–Crippen LogP) is 4.87. The van der Waals surface area contributed by atoms with Crippen LogP contribution in [0.4, 0.5) is 10.5 Å². The molecule has 0 saturated carbocycles. The van der Waals surface area contributed by atoms with E-state index < -0.39 is 5.60 Å². The molecule has 3 aromatic carbocycles. The third-order valence-electron chi connectivity index (χ3n) is 5.97. The Bertz CT molecular complexity index is 1090. The van der Waals surface area contributed by atoms with Crippen molar-refractivity contribution >= 4 is 28.3 Å². The second kappa shape index (κ2) is 6.92. The van der Waals surface area contributed by atoms with Gasteiger partial charge >= 0.3 is 6.03 Å². The van der Waals surface area contributed by atoms with Crippen LogP contribution in [-0.2, 0) is 0 Å². The molecule has 1 N–H and O–H groups in total. The number of carbonyl (C=O) groups is 2. The summed E-state index contributed by atoms with van der Waals surface area (Å²) in [6.07, 6.45) is 1.66. The van der Waals surface area contributed by atoms with Crippen LogP contribution in [0.5, 0.6) is 5.75 Å². The van der Waals surface area contributed by atoms with Crippen molar-refractivity contribution in [3.05, 3.63) is 72.3 Å². The van der Waals surface area contributed by atoms with Crippen LogP contribution >= 0.6 is 0 Å². The van der Waals surface area contributed by atoms with E-state index in [1.165, 1.54) is 0 Å². The monoisotopic (exact) mass is 386 g/mol. The fourth-order valence-corrected chi connectivity index (χ4v) is 4.39. The standard InChI is InChI=1S/C24H22N2O3/c27-20-16-24(29-21-11-10-17-6-4-5-9-19(17)22(20)21)12-14-26(15-13-24)23(28)25-18-7-2-1-3-8-18/h1-11H,12-16H2,(H,25,28). The number of amides is 2. The number of nitrogens with one attached hydrogen (secondary N) is 1. The van der Waals surface area contributed by atoms with E-state index in [1.54, 1.807) is 4.90 Å². The summed E-state index contributed by atoms with van der Waals surface area (Å²) < 4.78 is 6.41. The van der Waals surface area contributed by atoms with Crippen LogP contribution in [0.2, 0.25) is 0 Å². The molecule has 146 valence electrons. The lowest BCUT2D eigenvalue weighted by atomic mass is 9.81. The van der Waals surface area contributed by atoms with Gasteiger partial charge in [0.2, 0.25) is 0 Å². The number of hydrogen-bond donors (Lipinski definition) is 1. The lowest BCUT2D eigenvalue weighted by Crippen LogP contribution is -2.53. The fourth-order valence-electron chi connectivity index (χ4n) is 4.39. The maximum atomic E-state index is 13.1. The Morgan fingerprint density at radius 1 is 0.931 bits per heavy atom. The van der Waals surface area contributed by atoms with Crippen LogP contribution in [0.3, 0.4) is 0 Å². The average Bonchev–Trinajstić information content (AvgIpc) is 2.74. The number of ether oxygens (including phenoxy) is 1. The summed E-state index contributed by atoms with van der Waals surface area (Å²) in [4.78, 5) is 27.4. The number of ketones is 1. The van der Waals surface area contributed by atoms with Gasteiger partial charge in [0.25, 0.3) is 0 Å². The van der Waals surface area contributed by atoms with Gasteiger partial charge in [-0.2, -0.15) is 0 Å². The molecule has 2 heterocycles. The Balaban J connectivity index is 1.32. The molecule has 0 aromatic heterocycles. The summed E-state index contributed by atoms with van der Waals surface area (Å²) in [6, 6.07) is 21.1. The van der Waals surface area contributed by atoms with E-state index in [0.29, 0.717) is 43.7 Å². The third-order valence-corrected chi connectivity index (χ3v) is 5.97. The molecule has 5 nitrogen and oxygen atoms in total. The van der Waals surface area contributed by atoms with Crippen molar-refractivity contribution in [2.45, 2.75) is 24.9 Å². The van der Waals surface area contributed by atoms with Gasteiger partial charge in [0, 0.05) is 31.6 Å². The summed E-state index contributed by atoms with van der Waals surface area (Å²) in [5.41, 5.74) is 0.955. The number of Topliss-reactive ketones (excluding diaryl/α,β-unsaturated/α-hetero) is 1. The van der Waals surface area contributed by atoms with Gasteiger partial charge in [-0.05, 0) is 29.0 Å². The fraction of sp³-hybridized carbons (Fsp3) is 0.250. The van der Waals surface area contributed by atoms with Gasteiger partial charge in [-0.1, -0.05) is 48.5 Å². The highest BCUT2D eigenvalue weighted by atomic mass is 16.5. The Morgan fingerprint density at radius 3 is 2.45 bits per heavy atom. The van der Waals surface area contributed by atoms with E-state index in [4.69, 9.17) is 4.74 Å². The second-order valence-corrected chi connectivity index (χ2v) is 7.83. The number of fused-ring (bicyclic) bond motifs is 3. The summed E-state index contributed by atoms with van der Waals surface area (Å²) in [7, 11) is 0. The number of piperidine rings is 1. The van der Waals surface area contributed by atoms with Gasteiger partial charge in [-0.15, -0.1) is 0 Å². The molecular formula is C24H22N2O3. The number of anilines is 1. The molecule has 0 atom stereocenters. The predicted molar refractivity (Wildman–Crippen MR) is 113 cm³/mol. The second-order valence-electron chi connectivity index (χ2n) is 7.83. The number of hydrogen-bond acceptors (Lipinski definition) is 3. The first-order chi connectivity index (χ1) is 14.1. The summed E-state index contributed by atoms with van der Waals surface area (Å²) >= 11 is 0. The molecular weight excluding hydrogens is 364 g/mol. The minimum atomic E-state index is -0.518. The van der Waals surface area contributed by atoms with Crippen LogP contribution in [0, 0.1) is 0 Å². The number of carbonyl (C=O) groups excluding carboxylic acids is 2. The summed E-state index contributed by atoms with van der Waals surface area (Å²) in [5, 5.41) is 4.92. The minimum Gasteiger partial charge on any atom is -0.486 e. The first-order valence-electron chi connectivity index (χ1n) is 9.99. The van der Waals surface area contributed by atoms with Crippen LogP contribution in [-0.4, -0.2) is 35.4 Å². The highest BCUT2D eigenvalue weighted by molar-refractivity contribution is 6.11. The van der Waals surface area contributed by atoms with Crippen molar-refractivity contribution in [3.8, 4) is 5.75 Å². The topological polar surface area (TPSA) is 58.6 Å². The van der Waals surface area contributed by atoms with E-state index in [9.17, 15) is 9.59 Å². The third kappa shape index (κ3) is 3.23. The Kier molecular flexibility index (Phi) is 4.23. The molecule has 1 saturated heterocycles. The molecule has 0 radical (unpaired) electrons. The SMILES string of the molecule is O=C1CC2(CCN(C(=O)Nc3ccccc3)CC2)Oc2ccc3ccccc3c21. The van der Waals surface area contributed by atoms with E-state index >= 15 is 0 Å². The van der Waals surface area contributed by atoms with Gasteiger partial charge in [-0.3, -0.25) is 4.79 Å². The number of para-hydroxylation sites is 1. The van der Waals surface area contributed by atoms with Crippen molar-refractivity contribution < 1.29 is 14.3 Å². The highest BCUT2D eigenvalue weighted by Crippen LogP contribution is 2.42. The average molecular weight is 386 g/mol. The van der Waals surface area contributed by atoms with Gasteiger partial charge < -0.3 is 15.0 Å². The van der Waals surface area contributed by atoms with Gasteiger partial charge in [0.05, 0.1) is 12.0 Å². The molecule has 1 fully saturated rings. The number of benzene rings is 3. The number of rotatable bonds is 1. The number of nitrogens with zero attached hydrogens (tertiary/aromatic N) is 1. The van der Waals surface area contributed by atoms with Crippen LogP contribution in [0.1, 0.15) is 29.6 Å². The molecule has 5 rings (SSSR count). The van der Waals surface area contributed by atoms with E-state index in [2.05, 4.69) is 5.32 Å².